The van der Waals surface area contributed by atoms with E-state index in [9.17, 15) is 18.0 Å². The molecule has 0 spiro atoms. The Kier molecular flexibility index (Phi) is 4.84. The second-order valence-corrected chi connectivity index (χ2v) is 8.62. The number of thiophene rings is 1. The number of hydrogen-bond donors (Lipinski definition) is 1. The summed E-state index contributed by atoms with van der Waals surface area (Å²) < 4.78 is 41.3. The Labute approximate surface area is 164 Å². The number of amides is 1. The summed E-state index contributed by atoms with van der Waals surface area (Å²) in [5.74, 6) is 0.246. The SMILES string of the molecule is Cc1scc(C(=O)N2CCC([C@@H]3C[C@H](C(F)(F)F)n4ncnc4N3)CC2)c1C. The van der Waals surface area contributed by atoms with E-state index in [1.165, 1.54) is 0 Å². The number of anilines is 1. The maximum absolute atomic E-state index is 13.5. The fraction of sp³-hybridized carbons (Fsp3) is 0.611. The van der Waals surface area contributed by atoms with Crippen LogP contribution < -0.4 is 5.32 Å². The van der Waals surface area contributed by atoms with Gasteiger partial charge in [0.15, 0.2) is 6.04 Å². The van der Waals surface area contributed by atoms with Gasteiger partial charge in [-0.25, -0.2) is 4.68 Å². The molecule has 1 saturated heterocycles. The summed E-state index contributed by atoms with van der Waals surface area (Å²) >= 11 is 1.56. The third-order valence-corrected chi connectivity index (χ3v) is 6.96. The molecule has 1 fully saturated rings. The van der Waals surface area contributed by atoms with Gasteiger partial charge >= 0.3 is 6.18 Å². The minimum atomic E-state index is -4.37. The highest BCUT2D eigenvalue weighted by Gasteiger charge is 2.48. The van der Waals surface area contributed by atoms with Gasteiger partial charge in [0.25, 0.3) is 5.91 Å². The molecule has 2 atom stereocenters. The first-order valence-electron chi connectivity index (χ1n) is 9.32. The van der Waals surface area contributed by atoms with E-state index in [2.05, 4.69) is 15.4 Å². The number of piperidine rings is 1. The molecule has 2 aromatic heterocycles. The van der Waals surface area contributed by atoms with Crippen LogP contribution in [0.2, 0.25) is 0 Å². The van der Waals surface area contributed by atoms with E-state index >= 15 is 0 Å². The van der Waals surface area contributed by atoms with Gasteiger partial charge in [-0.05, 0) is 44.6 Å². The molecule has 2 aliphatic rings. The molecule has 1 amide bonds. The highest BCUT2D eigenvalue weighted by molar-refractivity contribution is 7.10. The van der Waals surface area contributed by atoms with Crippen LogP contribution in [0, 0.1) is 19.8 Å². The number of likely N-dealkylation sites (tertiary alicyclic amines) is 1. The van der Waals surface area contributed by atoms with Gasteiger partial charge in [-0.2, -0.15) is 23.3 Å². The number of hydrogen-bond acceptors (Lipinski definition) is 5. The normalized spacial score (nSPS) is 23.4. The van der Waals surface area contributed by atoms with Gasteiger partial charge in [0.2, 0.25) is 5.95 Å². The molecule has 0 unspecified atom stereocenters. The molecule has 10 heteroatoms. The number of nitrogens with one attached hydrogen (secondary N) is 1. The molecule has 0 saturated carbocycles. The Balaban J connectivity index is 1.43. The molecule has 2 aliphatic heterocycles. The van der Waals surface area contributed by atoms with E-state index in [0.717, 1.165) is 27.0 Å². The van der Waals surface area contributed by atoms with Crippen molar-refractivity contribution >= 4 is 23.2 Å². The largest absolute Gasteiger partial charge is 0.411 e. The van der Waals surface area contributed by atoms with E-state index in [1.54, 1.807) is 11.3 Å². The maximum atomic E-state index is 13.5. The fourth-order valence-corrected chi connectivity index (χ4v) is 4.99. The van der Waals surface area contributed by atoms with Crippen LogP contribution in [0.3, 0.4) is 0 Å². The van der Waals surface area contributed by atoms with Crippen LogP contribution in [-0.2, 0) is 0 Å². The van der Waals surface area contributed by atoms with Crippen molar-refractivity contribution in [3.8, 4) is 0 Å². The van der Waals surface area contributed by atoms with Crippen LogP contribution in [0.1, 0.15) is 46.1 Å². The van der Waals surface area contributed by atoms with Crippen LogP contribution in [0.25, 0.3) is 0 Å². The molecular weight excluding hydrogens is 391 g/mol. The molecule has 28 heavy (non-hydrogen) atoms. The third-order valence-electron chi connectivity index (χ3n) is 5.95. The summed E-state index contributed by atoms with van der Waals surface area (Å²) in [5, 5.41) is 8.75. The fourth-order valence-electron chi connectivity index (χ4n) is 4.13. The average Bonchev–Trinajstić information content (AvgIpc) is 3.26. The number of fused-ring (bicyclic) bond motifs is 1. The molecule has 0 bridgehead atoms. The molecule has 0 radical (unpaired) electrons. The van der Waals surface area contributed by atoms with Crippen LogP contribution in [-0.4, -0.2) is 50.9 Å². The quantitative estimate of drug-likeness (QED) is 0.814. The van der Waals surface area contributed by atoms with Gasteiger partial charge in [-0.15, -0.1) is 11.3 Å². The van der Waals surface area contributed by atoms with Gasteiger partial charge in [-0.1, -0.05) is 0 Å². The first kappa shape index (κ1) is 19.2. The van der Waals surface area contributed by atoms with Gasteiger partial charge in [0, 0.05) is 29.4 Å². The van der Waals surface area contributed by atoms with Crippen LogP contribution in [0.5, 0.6) is 0 Å². The number of carbonyl (C=O) groups excluding carboxylic acids is 1. The van der Waals surface area contributed by atoms with E-state index in [1.807, 2.05) is 24.1 Å². The Morgan fingerprint density at radius 3 is 2.61 bits per heavy atom. The molecule has 1 N–H and O–H groups in total. The van der Waals surface area contributed by atoms with Crippen molar-refractivity contribution in [2.45, 2.75) is 51.4 Å². The van der Waals surface area contributed by atoms with Gasteiger partial charge in [-0.3, -0.25) is 4.79 Å². The zero-order valence-corrected chi connectivity index (χ0v) is 16.5. The molecule has 0 aliphatic carbocycles. The minimum absolute atomic E-state index is 0.0183. The first-order chi connectivity index (χ1) is 13.3. The standard InChI is InChI=1S/C18H22F3N5OS/c1-10-11(2)28-8-13(10)16(27)25-5-3-12(4-6-25)14-7-15(18(19,20)21)26-17(24-14)22-9-23-26/h8-9,12,14-15H,3-7H2,1-2H3,(H,22,23,24)/t14-,15+/m0/s1. The predicted octanol–water partition coefficient (Wildman–Crippen LogP) is 3.80. The van der Waals surface area contributed by atoms with E-state index < -0.39 is 12.2 Å². The van der Waals surface area contributed by atoms with Crippen molar-refractivity contribution in [2.75, 3.05) is 18.4 Å². The smallest absolute Gasteiger partial charge is 0.351 e. The number of aromatic nitrogens is 3. The molecule has 0 aromatic carbocycles. The molecule has 2 aromatic rings. The van der Waals surface area contributed by atoms with E-state index in [4.69, 9.17) is 0 Å². The van der Waals surface area contributed by atoms with E-state index in [-0.39, 0.29) is 30.2 Å². The van der Waals surface area contributed by atoms with Gasteiger partial charge in [0.1, 0.15) is 6.33 Å². The number of halogens is 3. The molecule has 6 nitrogen and oxygen atoms in total. The topological polar surface area (TPSA) is 63.1 Å². The zero-order chi connectivity index (χ0) is 20.1. The summed E-state index contributed by atoms with van der Waals surface area (Å²) in [6, 6.07) is -1.99. The van der Waals surface area contributed by atoms with Crippen molar-refractivity contribution in [3.05, 3.63) is 27.7 Å². The van der Waals surface area contributed by atoms with Crippen LogP contribution in [0.15, 0.2) is 11.7 Å². The van der Waals surface area contributed by atoms with Crippen molar-refractivity contribution in [1.82, 2.24) is 19.7 Å². The first-order valence-corrected chi connectivity index (χ1v) is 10.2. The predicted molar refractivity (Wildman–Crippen MR) is 99.6 cm³/mol. The number of aryl methyl sites for hydroxylation is 1. The lowest BCUT2D eigenvalue weighted by Crippen LogP contribution is -2.47. The minimum Gasteiger partial charge on any atom is -0.351 e. The highest BCUT2D eigenvalue weighted by Crippen LogP contribution is 2.41. The molecule has 4 heterocycles. The van der Waals surface area contributed by atoms with Crippen molar-refractivity contribution < 1.29 is 18.0 Å². The van der Waals surface area contributed by atoms with Crippen LogP contribution >= 0.6 is 11.3 Å². The number of alkyl halides is 3. The van der Waals surface area contributed by atoms with Crippen molar-refractivity contribution in [1.29, 1.82) is 0 Å². The Morgan fingerprint density at radius 1 is 1.29 bits per heavy atom. The molecular formula is C18H22F3N5OS. The monoisotopic (exact) mass is 413 g/mol. The third kappa shape index (κ3) is 3.38. The second-order valence-electron chi connectivity index (χ2n) is 7.53. The summed E-state index contributed by atoms with van der Waals surface area (Å²) in [7, 11) is 0. The summed E-state index contributed by atoms with van der Waals surface area (Å²) in [5.41, 5.74) is 1.75. The Morgan fingerprint density at radius 2 is 2.00 bits per heavy atom. The van der Waals surface area contributed by atoms with Crippen molar-refractivity contribution in [2.24, 2.45) is 5.92 Å². The lowest BCUT2D eigenvalue weighted by Gasteiger charge is -2.40. The lowest BCUT2D eigenvalue weighted by molar-refractivity contribution is -0.174. The molecule has 4 rings (SSSR count). The number of carbonyl (C=O) groups is 1. The Bertz CT molecular complexity index is 869. The average molecular weight is 413 g/mol. The van der Waals surface area contributed by atoms with Gasteiger partial charge < -0.3 is 10.2 Å². The maximum Gasteiger partial charge on any atom is 0.411 e. The van der Waals surface area contributed by atoms with E-state index in [0.29, 0.717) is 25.9 Å². The lowest BCUT2D eigenvalue weighted by atomic mass is 9.84. The number of nitrogens with zero attached hydrogens (tertiary/aromatic N) is 4. The highest BCUT2D eigenvalue weighted by atomic mass is 32.1. The molecule has 152 valence electrons. The van der Waals surface area contributed by atoms with Crippen LogP contribution in [0.4, 0.5) is 19.1 Å². The second kappa shape index (κ2) is 7.06. The zero-order valence-electron chi connectivity index (χ0n) is 15.7. The summed E-state index contributed by atoms with van der Waals surface area (Å²) in [6.45, 7) is 5.05. The summed E-state index contributed by atoms with van der Waals surface area (Å²) in [4.78, 5) is 19.7. The Hall–Kier alpha value is -2.10. The number of rotatable bonds is 2. The van der Waals surface area contributed by atoms with Crippen molar-refractivity contribution in [3.63, 3.8) is 0 Å². The van der Waals surface area contributed by atoms with Gasteiger partial charge in [0.05, 0.1) is 5.56 Å². The summed E-state index contributed by atoms with van der Waals surface area (Å²) in [6.07, 6.45) is -1.94.